The second kappa shape index (κ2) is 10.6. The molecular formula is C19H22ClNS2Sn. The van der Waals surface area contributed by atoms with Gasteiger partial charge in [0.05, 0.1) is 0 Å². The molecule has 0 N–H and O–H groups in total. The SMILES string of the molecule is CC1CCN(C(=S)[S-])CC1.[Cl][Sn+]([c]1ccccc1)[c]1ccccc1. The van der Waals surface area contributed by atoms with Crippen molar-refractivity contribution >= 4 is 63.9 Å². The van der Waals surface area contributed by atoms with Crippen molar-refractivity contribution in [2.45, 2.75) is 19.8 Å². The number of hydrogen-bond acceptors (Lipinski definition) is 2. The summed E-state index contributed by atoms with van der Waals surface area (Å²) in [6.45, 7) is 4.43. The van der Waals surface area contributed by atoms with E-state index in [1.807, 2.05) is 12.1 Å². The van der Waals surface area contributed by atoms with E-state index in [2.05, 4.69) is 60.4 Å². The fourth-order valence-electron chi connectivity index (χ4n) is 2.53. The van der Waals surface area contributed by atoms with Gasteiger partial charge in [0, 0.05) is 13.1 Å². The van der Waals surface area contributed by atoms with Crippen LogP contribution in [0.15, 0.2) is 60.7 Å². The Balaban J connectivity index is 0.000000185. The standard InChI is InChI=1S/C7H13NS2.2C6H5.ClH.Sn/c1-6-2-4-8(5-3-6)7(9)10;2*1-2-4-6-5-3-1;;/h6H,2-5H2,1H3,(H,9,10);2*1-5H;1H;/q;;;;+2/p-2. The topological polar surface area (TPSA) is 3.24 Å². The number of halogens is 1. The van der Waals surface area contributed by atoms with Gasteiger partial charge in [0.2, 0.25) is 0 Å². The van der Waals surface area contributed by atoms with Gasteiger partial charge >= 0.3 is 95.4 Å². The Morgan fingerprint density at radius 2 is 1.42 bits per heavy atom. The van der Waals surface area contributed by atoms with Crippen LogP contribution in [0.5, 0.6) is 0 Å². The Bertz CT molecular complexity index is 576. The van der Waals surface area contributed by atoms with Gasteiger partial charge < -0.3 is 29.7 Å². The van der Waals surface area contributed by atoms with Crippen molar-refractivity contribution in [2.24, 2.45) is 5.92 Å². The molecule has 5 heteroatoms. The zero-order valence-electron chi connectivity index (χ0n) is 13.8. The molecule has 0 amide bonds. The first kappa shape index (κ1) is 20.0. The van der Waals surface area contributed by atoms with Gasteiger partial charge in [0.15, 0.2) is 0 Å². The molecule has 0 aliphatic carbocycles. The van der Waals surface area contributed by atoms with Crippen molar-refractivity contribution in [3.63, 3.8) is 0 Å². The molecule has 0 unspecified atom stereocenters. The number of nitrogens with zero attached hydrogens (tertiary/aromatic N) is 1. The van der Waals surface area contributed by atoms with E-state index < -0.39 is 18.6 Å². The van der Waals surface area contributed by atoms with Gasteiger partial charge in [0.1, 0.15) is 0 Å². The first-order chi connectivity index (χ1) is 11.6. The molecule has 1 nitrogen and oxygen atoms in total. The van der Waals surface area contributed by atoms with Gasteiger partial charge in [-0.25, -0.2) is 0 Å². The summed E-state index contributed by atoms with van der Waals surface area (Å²) >= 11 is 7.76. The summed E-state index contributed by atoms with van der Waals surface area (Å²) in [7, 11) is 6.53. The number of rotatable bonds is 2. The predicted octanol–water partition coefficient (Wildman–Crippen LogP) is 3.58. The van der Waals surface area contributed by atoms with E-state index in [4.69, 9.17) is 33.8 Å². The Kier molecular flexibility index (Phi) is 8.81. The Morgan fingerprint density at radius 3 is 1.79 bits per heavy atom. The maximum absolute atomic E-state index is 6.53. The van der Waals surface area contributed by atoms with Crippen LogP contribution in [0.3, 0.4) is 0 Å². The summed E-state index contributed by atoms with van der Waals surface area (Å²) in [4.78, 5) is 2.12. The molecule has 0 bridgehead atoms. The molecule has 0 radical (unpaired) electrons. The molecular weight excluding hydrogens is 461 g/mol. The molecule has 1 fully saturated rings. The molecule has 1 aliphatic rings. The number of benzene rings is 2. The summed E-state index contributed by atoms with van der Waals surface area (Å²) < 4.78 is 3.32. The van der Waals surface area contributed by atoms with Crippen molar-refractivity contribution in [1.82, 2.24) is 4.90 Å². The summed E-state index contributed by atoms with van der Waals surface area (Å²) in [6.07, 6.45) is 2.49. The normalized spacial score (nSPS) is 14.5. The first-order valence-corrected chi connectivity index (χ1v) is 15.5. The van der Waals surface area contributed by atoms with Crippen LogP contribution >= 0.6 is 21.1 Å². The second-order valence-corrected chi connectivity index (χ2v) is 14.6. The summed E-state index contributed by atoms with van der Waals surface area (Å²) in [5.41, 5.74) is 0. The molecule has 1 saturated heterocycles. The van der Waals surface area contributed by atoms with Gasteiger partial charge in [-0.1, -0.05) is 11.2 Å². The second-order valence-electron chi connectivity index (χ2n) is 5.98. The number of piperidine rings is 1. The van der Waals surface area contributed by atoms with Crippen LogP contribution in [-0.2, 0) is 12.6 Å². The predicted molar refractivity (Wildman–Crippen MR) is 114 cm³/mol. The first-order valence-electron chi connectivity index (χ1n) is 8.17. The van der Waals surface area contributed by atoms with Gasteiger partial charge in [0.25, 0.3) is 0 Å². The summed E-state index contributed by atoms with van der Waals surface area (Å²) in [5.74, 6) is 0.862. The molecule has 126 valence electrons. The minimum atomic E-state index is -2.03. The average Bonchev–Trinajstić information content (AvgIpc) is 2.63. The molecule has 3 rings (SSSR count). The molecule has 2 aromatic carbocycles. The number of likely N-dealkylation sites (tertiary alicyclic amines) is 1. The van der Waals surface area contributed by atoms with Crippen molar-refractivity contribution < 1.29 is 0 Å². The van der Waals surface area contributed by atoms with Crippen LogP contribution in [0.1, 0.15) is 19.8 Å². The third kappa shape index (κ3) is 6.51. The van der Waals surface area contributed by atoms with E-state index >= 15 is 0 Å². The molecule has 0 atom stereocenters. The van der Waals surface area contributed by atoms with E-state index in [0.29, 0.717) is 4.32 Å². The molecule has 1 aliphatic heterocycles. The zero-order chi connectivity index (χ0) is 17.4. The van der Waals surface area contributed by atoms with E-state index in [9.17, 15) is 0 Å². The minimum absolute atomic E-state index is 0.645. The van der Waals surface area contributed by atoms with Crippen molar-refractivity contribution in [3.8, 4) is 0 Å². The summed E-state index contributed by atoms with van der Waals surface area (Å²) in [6, 6.07) is 20.8. The fourth-order valence-corrected chi connectivity index (χ4v) is 8.30. The van der Waals surface area contributed by atoms with E-state index in [1.54, 1.807) is 0 Å². The fraction of sp³-hybridized carbons (Fsp3) is 0.316. The van der Waals surface area contributed by atoms with Crippen LogP contribution in [0.4, 0.5) is 0 Å². The van der Waals surface area contributed by atoms with Gasteiger partial charge in [-0.3, -0.25) is 0 Å². The van der Waals surface area contributed by atoms with Crippen LogP contribution in [-0.4, -0.2) is 40.9 Å². The Morgan fingerprint density at radius 1 is 1.00 bits per heavy atom. The van der Waals surface area contributed by atoms with Crippen LogP contribution in [0.25, 0.3) is 0 Å². The van der Waals surface area contributed by atoms with E-state index in [1.165, 1.54) is 20.0 Å². The molecule has 24 heavy (non-hydrogen) atoms. The number of thiocarbonyl (C=S) groups is 1. The van der Waals surface area contributed by atoms with Gasteiger partial charge in [-0.05, 0) is 18.8 Å². The van der Waals surface area contributed by atoms with Crippen LogP contribution in [0, 0.1) is 5.92 Å². The monoisotopic (exact) mass is 483 g/mol. The Hall–Kier alpha value is -0.361. The van der Waals surface area contributed by atoms with Crippen LogP contribution < -0.4 is 7.16 Å². The van der Waals surface area contributed by atoms with Crippen LogP contribution in [0.2, 0.25) is 0 Å². The van der Waals surface area contributed by atoms with Crippen molar-refractivity contribution in [3.05, 3.63) is 60.7 Å². The average molecular weight is 483 g/mol. The Labute approximate surface area is 167 Å². The quantitative estimate of drug-likeness (QED) is 0.366. The van der Waals surface area contributed by atoms with Crippen molar-refractivity contribution in [1.29, 1.82) is 0 Å². The van der Waals surface area contributed by atoms with Crippen molar-refractivity contribution in [2.75, 3.05) is 13.1 Å². The molecule has 1 heterocycles. The van der Waals surface area contributed by atoms with Gasteiger partial charge in [-0.2, -0.15) is 0 Å². The molecule has 0 spiro atoms. The third-order valence-electron chi connectivity index (χ3n) is 4.10. The zero-order valence-corrected chi connectivity index (χ0v) is 19.1. The summed E-state index contributed by atoms with van der Waals surface area (Å²) in [5, 5.41) is 0. The molecule has 2 aromatic rings. The number of hydrogen-bond donors (Lipinski definition) is 0. The van der Waals surface area contributed by atoms with E-state index in [0.717, 1.165) is 19.0 Å². The van der Waals surface area contributed by atoms with Gasteiger partial charge in [-0.15, -0.1) is 0 Å². The maximum atomic E-state index is 6.53. The molecule has 0 saturated carbocycles. The molecule has 0 aromatic heterocycles. The third-order valence-corrected chi connectivity index (χ3v) is 12.3. The van der Waals surface area contributed by atoms with E-state index in [-0.39, 0.29) is 0 Å².